The average Bonchev–Trinajstić information content (AvgIpc) is 3.07. The van der Waals surface area contributed by atoms with Crippen LogP contribution < -0.4 is 4.80 Å². The van der Waals surface area contributed by atoms with E-state index in [2.05, 4.69) is 55.6 Å². The Morgan fingerprint density at radius 3 is 2.61 bits per heavy atom. The normalized spacial score (nSPS) is 12.5. The third-order valence-electron chi connectivity index (χ3n) is 4.31. The minimum Gasteiger partial charge on any atom is -0.508 e. The van der Waals surface area contributed by atoms with E-state index in [1.54, 1.807) is 35.8 Å². The van der Waals surface area contributed by atoms with Crippen LogP contribution in [0.3, 0.4) is 0 Å². The maximum atomic E-state index is 9.71. The van der Waals surface area contributed by atoms with E-state index in [9.17, 15) is 5.11 Å². The van der Waals surface area contributed by atoms with Crippen LogP contribution in [0.5, 0.6) is 5.75 Å². The van der Waals surface area contributed by atoms with E-state index < -0.39 is 0 Å². The van der Waals surface area contributed by atoms with Crippen LogP contribution in [0.15, 0.2) is 82.2 Å². The summed E-state index contributed by atoms with van der Waals surface area (Å²) in [6.07, 6.45) is 1.75. The van der Waals surface area contributed by atoms with Crippen LogP contribution in [0.25, 0.3) is 22.0 Å². The van der Waals surface area contributed by atoms with Crippen molar-refractivity contribution in [2.45, 2.75) is 19.9 Å². The fourth-order valence-electron chi connectivity index (χ4n) is 3.08. The van der Waals surface area contributed by atoms with E-state index in [4.69, 9.17) is 10.1 Å². The van der Waals surface area contributed by atoms with E-state index >= 15 is 0 Å². The van der Waals surface area contributed by atoms with Gasteiger partial charge in [-0.1, -0.05) is 54.6 Å². The Bertz CT molecular complexity index is 1210. The molecule has 4 nitrogen and oxygen atoms in total. The molecule has 0 saturated heterocycles. The quantitative estimate of drug-likeness (QED) is 0.477. The molecule has 0 fully saturated rings. The van der Waals surface area contributed by atoms with Gasteiger partial charge in [0, 0.05) is 17.0 Å². The number of aromatic hydroxyl groups is 1. The molecule has 1 heterocycles. The highest BCUT2D eigenvalue weighted by Crippen LogP contribution is 2.29. The van der Waals surface area contributed by atoms with Gasteiger partial charge in [-0.15, -0.1) is 11.3 Å². The lowest BCUT2D eigenvalue weighted by Crippen LogP contribution is -2.14. The van der Waals surface area contributed by atoms with Crippen molar-refractivity contribution in [1.82, 2.24) is 4.68 Å². The van der Waals surface area contributed by atoms with Gasteiger partial charge in [0.15, 0.2) is 0 Å². The Morgan fingerprint density at radius 2 is 1.79 bits per heavy atom. The van der Waals surface area contributed by atoms with Crippen LogP contribution in [0, 0.1) is 0 Å². The zero-order chi connectivity index (χ0) is 19.5. The highest BCUT2D eigenvalue weighted by atomic mass is 32.1. The molecule has 0 bridgehead atoms. The Hall–Kier alpha value is -3.18. The summed E-state index contributed by atoms with van der Waals surface area (Å²) in [6, 6.07) is 21.9. The summed E-state index contributed by atoms with van der Waals surface area (Å²) in [5.74, 6) is 0.223. The third kappa shape index (κ3) is 3.75. The van der Waals surface area contributed by atoms with Crippen molar-refractivity contribution in [1.29, 1.82) is 0 Å². The van der Waals surface area contributed by atoms with Gasteiger partial charge in [0.2, 0.25) is 4.80 Å². The second kappa shape index (κ2) is 7.82. The van der Waals surface area contributed by atoms with Crippen LogP contribution in [-0.2, 0) is 0 Å². The van der Waals surface area contributed by atoms with Gasteiger partial charge in [-0.25, -0.2) is 4.68 Å². The highest BCUT2D eigenvalue weighted by molar-refractivity contribution is 7.07. The molecule has 3 aromatic carbocycles. The molecule has 4 rings (SSSR count). The summed E-state index contributed by atoms with van der Waals surface area (Å²) in [6.45, 7) is 4.11. The van der Waals surface area contributed by atoms with Crippen molar-refractivity contribution >= 4 is 28.3 Å². The molecule has 0 aliphatic rings. The van der Waals surface area contributed by atoms with E-state index in [0.29, 0.717) is 0 Å². The topological polar surface area (TPSA) is 49.9 Å². The number of nitrogens with zero attached hydrogens (tertiary/aromatic N) is 3. The summed E-state index contributed by atoms with van der Waals surface area (Å²) < 4.78 is 1.89. The largest absolute Gasteiger partial charge is 0.508 e. The predicted molar refractivity (Wildman–Crippen MR) is 117 cm³/mol. The average molecular weight is 388 g/mol. The number of rotatable bonds is 4. The summed E-state index contributed by atoms with van der Waals surface area (Å²) in [5.41, 5.74) is 2.95. The molecule has 28 heavy (non-hydrogen) atoms. The van der Waals surface area contributed by atoms with Gasteiger partial charge in [0.25, 0.3) is 0 Å². The first-order valence-electron chi connectivity index (χ1n) is 9.18. The minimum atomic E-state index is 0.168. The maximum absolute atomic E-state index is 9.71. The Labute approximate surface area is 167 Å². The van der Waals surface area contributed by atoms with Crippen molar-refractivity contribution < 1.29 is 5.11 Å². The first-order chi connectivity index (χ1) is 13.6. The first-order valence-corrected chi connectivity index (χ1v) is 10.1. The molecule has 0 atom stereocenters. The molecule has 0 unspecified atom stereocenters. The van der Waals surface area contributed by atoms with Gasteiger partial charge in [-0.2, -0.15) is 5.10 Å². The molecular formula is C23H21N3OS. The molecule has 1 N–H and O–H groups in total. The van der Waals surface area contributed by atoms with E-state index in [0.717, 1.165) is 21.6 Å². The Kier molecular flexibility index (Phi) is 5.08. The minimum absolute atomic E-state index is 0.168. The van der Waals surface area contributed by atoms with Crippen LogP contribution in [-0.4, -0.2) is 22.0 Å². The monoisotopic (exact) mass is 387 g/mol. The standard InChI is InChI=1S/C23H21N3OS/c1-16(2)25-23-26(24-14-17-7-5-10-19(27)13-17)22(15-28-23)21-12-6-9-18-8-3-4-11-20(18)21/h3-16,27H,1-2H3. The lowest BCUT2D eigenvalue weighted by molar-refractivity contribution is 0.475. The van der Waals surface area contributed by atoms with Crippen molar-refractivity contribution in [2.24, 2.45) is 10.1 Å². The summed E-state index contributed by atoms with van der Waals surface area (Å²) >= 11 is 1.58. The number of phenolic OH excluding ortho intramolecular Hbond substituents is 1. The smallest absolute Gasteiger partial charge is 0.206 e. The number of benzene rings is 3. The third-order valence-corrected chi connectivity index (χ3v) is 5.14. The van der Waals surface area contributed by atoms with Crippen LogP contribution in [0.2, 0.25) is 0 Å². The van der Waals surface area contributed by atoms with Crippen LogP contribution >= 0.6 is 11.3 Å². The van der Waals surface area contributed by atoms with Crippen molar-refractivity contribution in [3.63, 3.8) is 0 Å². The van der Waals surface area contributed by atoms with Gasteiger partial charge >= 0.3 is 0 Å². The lowest BCUT2D eigenvalue weighted by Gasteiger charge is -2.08. The van der Waals surface area contributed by atoms with Gasteiger partial charge in [0.05, 0.1) is 11.9 Å². The molecular weight excluding hydrogens is 366 g/mol. The maximum Gasteiger partial charge on any atom is 0.206 e. The highest BCUT2D eigenvalue weighted by Gasteiger charge is 2.11. The predicted octanol–water partition coefficient (Wildman–Crippen LogP) is 5.27. The molecule has 5 heteroatoms. The fraction of sp³-hybridized carbons (Fsp3) is 0.130. The SMILES string of the molecule is CC(C)N=c1scc(-c2cccc3ccccc23)n1N=Cc1cccc(O)c1. The first kappa shape index (κ1) is 18.2. The van der Waals surface area contributed by atoms with Gasteiger partial charge in [-0.3, -0.25) is 4.99 Å². The molecule has 0 radical (unpaired) electrons. The second-order valence-electron chi connectivity index (χ2n) is 6.80. The molecule has 0 aliphatic heterocycles. The van der Waals surface area contributed by atoms with Gasteiger partial charge < -0.3 is 5.11 Å². The Balaban J connectivity index is 1.90. The molecule has 0 spiro atoms. The molecule has 140 valence electrons. The molecule has 4 aromatic rings. The summed E-state index contributed by atoms with van der Waals surface area (Å²) in [7, 11) is 0. The molecule has 0 aliphatic carbocycles. The van der Waals surface area contributed by atoms with Crippen molar-refractivity contribution in [3.8, 4) is 17.0 Å². The zero-order valence-corrected chi connectivity index (χ0v) is 16.6. The van der Waals surface area contributed by atoms with Crippen molar-refractivity contribution in [3.05, 3.63) is 82.5 Å². The van der Waals surface area contributed by atoms with Gasteiger partial charge in [-0.05, 0) is 42.3 Å². The number of thiazole rings is 1. The van der Waals surface area contributed by atoms with Crippen molar-refractivity contribution in [2.75, 3.05) is 0 Å². The zero-order valence-electron chi connectivity index (χ0n) is 15.8. The van der Waals surface area contributed by atoms with Crippen LogP contribution in [0.4, 0.5) is 0 Å². The number of hydrogen-bond acceptors (Lipinski definition) is 4. The summed E-state index contributed by atoms with van der Waals surface area (Å²) in [5, 5.41) is 18.9. The number of hydrogen-bond donors (Lipinski definition) is 1. The van der Waals surface area contributed by atoms with Crippen LogP contribution in [0.1, 0.15) is 19.4 Å². The van der Waals surface area contributed by atoms with E-state index in [-0.39, 0.29) is 11.8 Å². The Morgan fingerprint density at radius 1 is 1.00 bits per heavy atom. The van der Waals surface area contributed by atoms with Gasteiger partial charge in [0.1, 0.15) is 5.75 Å². The second-order valence-corrected chi connectivity index (χ2v) is 7.64. The van der Waals surface area contributed by atoms with E-state index in [1.165, 1.54) is 10.8 Å². The molecule has 0 saturated carbocycles. The number of aromatic nitrogens is 1. The lowest BCUT2D eigenvalue weighted by atomic mass is 10.0. The van der Waals surface area contributed by atoms with E-state index in [1.807, 2.05) is 16.8 Å². The summed E-state index contributed by atoms with van der Waals surface area (Å²) in [4.78, 5) is 5.58. The number of phenols is 1. The molecule has 0 amide bonds. The fourth-order valence-corrected chi connectivity index (χ4v) is 4.05. The molecule has 1 aromatic heterocycles. The number of fused-ring (bicyclic) bond motifs is 1.